The molecule has 0 saturated carbocycles. The molecule has 0 aromatic heterocycles. The van der Waals surface area contributed by atoms with E-state index in [1.165, 1.54) is 6.21 Å². The highest BCUT2D eigenvalue weighted by atomic mass is 35.5. The lowest BCUT2D eigenvalue weighted by Crippen LogP contribution is -2.27. The minimum absolute atomic E-state index is 0.00434. The SMILES string of the molecule is C=C1NNC(=O)C1CC(=O)NN=Cc1ccc(Cl)cc1. The van der Waals surface area contributed by atoms with Crippen LogP contribution in [0.4, 0.5) is 0 Å². The summed E-state index contributed by atoms with van der Waals surface area (Å²) >= 11 is 5.75. The molecule has 0 radical (unpaired) electrons. The van der Waals surface area contributed by atoms with E-state index in [2.05, 4.69) is 28.0 Å². The standard InChI is InChI=1S/C13H13ClN4O2/c1-8-11(13(20)18-16-8)6-12(19)17-15-7-9-2-4-10(14)5-3-9/h2-5,7,11,16H,1,6H2,(H,17,19)(H,18,20). The van der Waals surface area contributed by atoms with Gasteiger partial charge < -0.3 is 5.43 Å². The first-order valence-electron chi connectivity index (χ1n) is 5.88. The van der Waals surface area contributed by atoms with Gasteiger partial charge >= 0.3 is 0 Å². The number of benzene rings is 1. The maximum absolute atomic E-state index is 11.6. The molecule has 7 heteroatoms. The van der Waals surface area contributed by atoms with Crippen LogP contribution >= 0.6 is 11.6 Å². The molecule has 1 heterocycles. The van der Waals surface area contributed by atoms with Gasteiger partial charge in [0.15, 0.2) is 0 Å². The Morgan fingerprint density at radius 3 is 2.70 bits per heavy atom. The summed E-state index contributed by atoms with van der Waals surface area (Å²) in [5.41, 5.74) is 8.63. The highest BCUT2D eigenvalue weighted by molar-refractivity contribution is 6.30. The number of nitrogens with zero attached hydrogens (tertiary/aromatic N) is 1. The summed E-state index contributed by atoms with van der Waals surface area (Å²) in [6.07, 6.45) is 1.49. The molecule has 1 atom stereocenters. The Morgan fingerprint density at radius 1 is 1.40 bits per heavy atom. The number of hydrazine groups is 1. The molecule has 1 aliphatic heterocycles. The summed E-state index contributed by atoms with van der Waals surface area (Å²) < 4.78 is 0. The Morgan fingerprint density at radius 2 is 2.10 bits per heavy atom. The van der Waals surface area contributed by atoms with Gasteiger partial charge in [-0.1, -0.05) is 30.3 Å². The van der Waals surface area contributed by atoms with Crippen LogP contribution < -0.4 is 16.3 Å². The molecule has 2 amide bonds. The van der Waals surface area contributed by atoms with Crippen LogP contribution in [0.3, 0.4) is 0 Å². The number of carbonyl (C=O) groups is 2. The van der Waals surface area contributed by atoms with Crippen molar-refractivity contribution in [2.45, 2.75) is 6.42 Å². The van der Waals surface area contributed by atoms with E-state index < -0.39 is 5.92 Å². The highest BCUT2D eigenvalue weighted by Crippen LogP contribution is 2.15. The van der Waals surface area contributed by atoms with Crippen LogP contribution in [-0.4, -0.2) is 18.0 Å². The number of hydrazone groups is 1. The molecule has 1 aromatic carbocycles. The van der Waals surface area contributed by atoms with E-state index in [0.29, 0.717) is 10.7 Å². The van der Waals surface area contributed by atoms with Gasteiger partial charge in [-0.05, 0) is 17.7 Å². The van der Waals surface area contributed by atoms with Gasteiger partial charge in [0.05, 0.1) is 12.1 Å². The van der Waals surface area contributed by atoms with E-state index in [9.17, 15) is 9.59 Å². The van der Waals surface area contributed by atoms with E-state index in [0.717, 1.165) is 5.56 Å². The van der Waals surface area contributed by atoms with E-state index >= 15 is 0 Å². The zero-order valence-corrected chi connectivity index (χ0v) is 11.3. The zero-order valence-electron chi connectivity index (χ0n) is 10.5. The molecule has 1 aliphatic rings. The molecule has 0 bridgehead atoms. The average Bonchev–Trinajstić information content (AvgIpc) is 2.73. The van der Waals surface area contributed by atoms with Crippen molar-refractivity contribution in [1.82, 2.24) is 16.3 Å². The predicted octanol–water partition coefficient (Wildman–Crippen LogP) is 0.945. The fraction of sp³-hybridized carbons (Fsp3) is 0.154. The molecule has 2 rings (SSSR count). The molecule has 6 nitrogen and oxygen atoms in total. The molecule has 3 N–H and O–H groups in total. The number of nitrogens with one attached hydrogen (secondary N) is 3. The van der Waals surface area contributed by atoms with Gasteiger partial charge in [-0.3, -0.25) is 15.0 Å². The Hall–Kier alpha value is -2.34. The number of hydrogen-bond donors (Lipinski definition) is 3. The normalized spacial score (nSPS) is 17.9. The number of halogens is 1. The van der Waals surface area contributed by atoms with Crippen molar-refractivity contribution < 1.29 is 9.59 Å². The lowest BCUT2D eigenvalue weighted by Gasteiger charge is -2.05. The zero-order chi connectivity index (χ0) is 14.5. The molecular weight excluding hydrogens is 280 g/mol. The maximum Gasteiger partial charge on any atom is 0.247 e. The Bertz CT molecular complexity index is 552. The summed E-state index contributed by atoms with van der Waals surface area (Å²) in [6, 6.07) is 6.99. The molecule has 20 heavy (non-hydrogen) atoms. The van der Waals surface area contributed by atoms with Crippen LogP contribution in [0.5, 0.6) is 0 Å². The van der Waals surface area contributed by atoms with Crippen molar-refractivity contribution in [3.05, 3.63) is 47.1 Å². The summed E-state index contributed by atoms with van der Waals surface area (Å²) in [5, 5.41) is 4.44. The van der Waals surface area contributed by atoms with Gasteiger partial charge in [-0.15, -0.1) is 0 Å². The van der Waals surface area contributed by atoms with Crippen molar-refractivity contribution in [3.8, 4) is 0 Å². The minimum atomic E-state index is -0.569. The molecule has 1 fully saturated rings. The van der Waals surface area contributed by atoms with Crippen LogP contribution in [0.25, 0.3) is 0 Å². The smallest absolute Gasteiger partial charge is 0.247 e. The quantitative estimate of drug-likeness (QED) is 0.571. The van der Waals surface area contributed by atoms with Crippen molar-refractivity contribution >= 4 is 29.6 Å². The summed E-state index contributed by atoms with van der Waals surface area (Å²) in [6.45, 7) is 3.65. The third kappa shape index (κ3) is 3.58. The van der Waals surface area contributed by atoms with Crippen molar-refractivity contribution in [1.29, 1.82) is 0 Å². The predicted molar refractivity (Wildman–Crippen MR) is 75.7 cm³/mol. The minimum Gasteiger partial charge on any atom is -0.302 e. The van der Waals surface area contributed by atoms with E-state index in [1.54, 1.807) is 24.3 Å². The van der Waals surface area contributed by atoms with E-state index in [4.69, 9.17) is 11.6 Å². The third-order valence-electron chi connectivity index (χ3n) is 2.75. The summed E-state index contributed by atoms with van der Waals surface area (Å²) in [4.78, 5) is 23.0. The van der Waals surface area contributed by atoms with Gasteiger partial charge in [-0.25, -0.2) is 5.43 Å². The molecule has 1 aromatic rings. The lowest BCUT2D eigenvalue weighted by molar-refractivity contribution is -0.127. The van der Waals surface area contributed by atoms with Crippen LogP contribution in [0.2, 0.25) is 5.02 Å². The highest BCUT2D eigenvalue weighted by Gasteiger charge is 2.29. The molecule has 0 spiro atoms. The Labute approximate surface area is 120 Å². The maximum atomic E-state index is 11.6. The molecular formula is C13H13ClN4O2. The number of carbonyl (C=O) groups excluding carboxylic acids is 2. The largest absolute Gasteiger partial charge is 0.302 e. The Balaban J connectivity index is 1.84. The monoisotopic (exact) mass is 292 g/mol. The summed E-state index contributed by atoms with van der Waals surface area (Å²) in [7, 11) is 0. The molecule has 104 valence electrons. The number of amides is 2. The van der Waals surface area contributed by atoms with Crippen LogP contribution in [0, 0.1) is 5.92 Å². The molecule has 0 aliphatic carbocycles. The van der Waals surface area contributed by atoms with Gasteiger partial charge in [0.1, 0.15) is 0 Å². The van der Waals surface area contributed by atoms with Crippen molar-refractivity contribution in [2.75, 3.05) is 0 Å². The Kier molecular flexibility index (Phi) is 4.37. The molecule has 1 unspecified atom stereocenters. The third-order valence-corrected chi connectivity index (χ3v) is 3.00. The van der Waals surface area contributed by atoms with E-state index in [-0.39, 0.29) is 18.2 Å². The van der Waals surface area contributed by atoms with Crippen LogP contribution in [0.15, 0.2) is 41.6 Å². The van der Waals surface area contributed by atoms with Gasteiger partial charge in [0.2, 0.25) is 11.8 Å². The second kappa shape index (κ2) is 6.21. The fourth-order valence-electron chi connectivity index (χ4n) is 1.65. The van der Waals surface area contributed by atoms with Gasteiger partial charge in [-0.2, -0.15) is 5.10 Å². The first-order valence-corrected chi connectivity index (χ1v) is 6.26. The summed E-state index contributed by atoms with van der Waals surface area (Å²) in [5.74, 6) is -1.20. The van der Waals surface area contributed by atoms with Crippen LogP contribution in [0.1, 0.15) is 12.0 Å². The van der Waals surface area contributed by atoms with E-state index in [1.807, 2.05) is 0 Å². The van der Waals surface area contributed by atoms with Crippen molar-refractivity contribution in [2.24, 2.45) is 11.0 Å². The first kappa shape index (κ1) is 14.1. The average molecular weight is 293 g/mol. The van der Waals surface area contributed by atoms with Crippen LogP contribution in [-0.2, 0) is 9.59 Å². The first-order chi connectivity index (χ1) is 9.56. The lowest BCUT2D eigenvalue weighted by atomic mass is 10.0. The van der Waals surface area contributed by atoms with Gasteiger partial charge in [0, 0.05) is 17.1 Å². The number of rotatable bonds is 4. The van der Waals surface area contributed by atoms with Gasteiger partial charge in [0.25, 0.3) is 0 Å². The topological polar surface area (TPSA) is 82.6 Å². The second-order valence-corrected chi connectivity index (χ2v) is 4.68. The second-order valence-electron chi connectivity index (χ2n) is 4.24. The fourth-order valence-corrected chi connectivity index (χ4v) is 1.77. The number of hydrogen-bond acceptors (Lipinski definition) is 4. The molecule has 1 saturated heterocycles. The van der Waals surface area contributed by atoms with Crippen molar-refractivity contribution in [3.63, 3.8) is 0 Å².